The van der Waals surface area contributed by atoms with Gasteiger partial charge in [-0.2, -0.15) is 0 Å². The van der Waals surface area contributed by atoms with E-state index in [1.165, 1.54) is 0 Å². The van der Waals surface area contributed by atoms with Crippen molar-refractivity contribution in [3.05, 3.63) is 94.5 Å². The number of hydrogen-bond acceptors (Lipinski definition) is 3. The number of fused-ring (bicyclic) bond motifs is 5. The number of halogens is 1. The lowest BCUT2D eigenvalue weighted by molar-refractivity contribution is -0.167. The van der Waals surface area contributed by atoms with Gasteiger partial charge in [0.15, 0.2) is 5.54 Å². The Balaban J connectivity index is 1.55. The van der Waals surface area contributed by atoms with Crippen LogP contribution in [0.5, 0.6) is 0 Å². The van der Waals surface area contributed by atoms with E-state index in [0.717, 1.165) is 27.7 Å². The first kappa shape index (κ1) is 20.1. The topological polar surface area (TPSA) is 69.6 Å². The van der Waals surface area contributed by atoms with E-state index in [1.54, 1.807) is 22.1 Å². The number of benzene rings is 2. The molecule has 2 aromatic heterocycles. The molecule has 2 atom stereocenters. The van der Waals surface area contributed by atoms with Gasteiger partial charge in [0.05, 0.1) is 18.5 Å². The van der Waals surface area contributed by atoms with Crippen LogP contribution < -0.4 is 0 Å². The van der Waals surface area contributed by atoms with Gasteiger partial charge in [-0.25, -0.2) is 0 Å². The molecule has 0 saturated carbocycles. The molecule has 0 aliphatic carbocycles. The Hall–Kier alpha value is -3.51. The molecule has 0 spiro atoms. The van der Waals surface area contributed by atoms with Gasteiger partial charge in [0, 0.05) is 28.4 Å². The highest BCUT2D eigenvalue weighted by Crippen LogP contribution is 2.49. The predicted molar refractivity (Wildman–Crippen MR) is 125 cm³/mol. The summed E-state index contributed by atoms with van der Waals surface area (Å²) in [4.78, 5) is 34.2. The fourth-order valence-electron chi connectivity index (χ4n) is 5.43. The number of para-hydroxylation sites is 1. The standard InChI is InChI=1S/C26H22ClN3O3/c1-26-24-23(18-9-3-5-11-21(18)28-24)19(17-8-2-4-10-20(17)27)14-30(26)22(31)15-29(25(26)32)13-16-7-6-12-33-16/h2-12,19,28H,13-15H2,1H3/t19-,26-/m0/s1. The van der Waals surface area contributed by atoms with Gasteiger partial charge in [0.25, 0.3) is 5.91 Å². The normalized spacial score (nSPS) is 22.5. The second kappa shape index (κ2) is 7.25. The molecular weight excluding hydrogens is 438 g/mol. The summed E-state index contributed by atoms with van der Waals surface area (Å²) in [6, 6.07) is 19.3. The van der Waals surface area contributed by atoms with Crippen LogP contribution in [-0.2, 0) is 21.7 Å². The summed E-state index contributed by atoms with van der Waals surface area (Å²) < 4.78 is 5.45. The molecule has 2 aliphatic heterocycles. The molecule has 1 saturated heterocycles. The highest BCUT2D eigenvalue weighted by atomic mass is 35.5. The number of rotatable bonds is 3. The second-order valence-corrected chi connectivity index (χ2v) is 9.26. The van der Waals surface area contributed by atoms with Gasteiger partial charge in [0.2, 0.25) is 5.91 Å². The van der Waals surface area contributed by atoms with Gasteiger partial charge in [-0.05, 0) is 42.3 Å². The molecule has 6 rings (SSSR count). The molecule has 0 unspecified atom stereocenters. The van der Waals surface area contributed by atoms with Crippen LogP contribution in [0.2, 0.25) is 5.02 Å². The van der Waals surface area contributed by atoms with Gasteiger partial charge in [-0.3, -0.25) is 9.59 Å². The lowest BCUT2D eigenvalue weighted by Gasteiger charge is -2.51. The van der Waals surface area contributed by atoms with Crippen molar-refractivity contribution in [3.63, 3.8) is 0 Å². The number of aromatic nitrogens is 1. The summed E-state index contributed by atoms with van der Waals surface area (Å²) in [5.74, 6) is 0.287. The molecule has 1 N–H and O–H groups in total. The zero-order valence-corrected chi connectivity index (χ0v) is 18.8. The Bertz CT molecular complexity index is 1390. The number of nitrogens with zero attached hydrogens (tertiary/aromatic N) is 2. The summed E-state index contributed by atoms with van der Waals surface area (Å²) in [5, 5.41) is 1.69. The van der Waals surface area contributed by atoms with Crippen molar-refractivity contribution in [2.24, 2.45) is 0 Å². The molecule has 166 valence electrons. The van der Waals surface area contributed by atoms with Gasteiger partial charge >= 0.3 is 0 Å². The zero-order chi connectivity index (χ0) is 22.7. The lowest BCUT2D eigenvalue weighted by atomic mass is 9.76. The summed E-state index contributed by atoms with van der Waals surface area (Å²) >= 11 is 6.62. The number of hydrogen-bond donors (Lipinski definition) is 1. The maximum atomic E-state index is 13.9. The summed E-state index contributed by atoms with van der Waals surface area (Å²) in [7, 11) is 0. The van der Waals surface area contributed by atoms with Gasteiger partial charge < -0.3 is 19.2 Å². The highest BCUT2D eigenvalue weighted by Gasteiger charge is 2.56. The molecule has 6 nitrogen and oxygen atoms in total. The average molecular weight is 460 g/mol. The van der Waals surface area contributed by atoms with E-state index in [9.17, 15) is 9.59 Å². The molecule has 2 aliphatic rings. The predicted octanol–water partition coefficient (Wildman–Crippen LogP) is 4.65. The van der Waals surface area contributed by atoms with Crippen LogP contribution in [0.25, 0.3) is 10.9 Å². The molecule has 0 radical (unpaired) electrons. The first-order valence-corrected chi connectivity index (χ1v) is 11.3. The minimum Gasteiger partial charge on any atom is -0.467 e. The third kappa shape index (κ3) is 2.87. The van der Waals surface area contributed by atoms with Crippen molar-refractivity contribution >= 4 is 34.3 Å². The number of H-pyrrole nitrogens is 1. The number of furan rings is 1. The van der Waals surface area contributed by atoms with Gasteiger partial charge in [-0.1, -0.05) is 48.0 Å². The lowest BCUT2D eigenvalue weighted by Crippen LogP contribution is -2.67. The van der Waals surface area contributed by atoms with E-state index in [2.05, 4.69) is 11.1 Å². The van der Waals surface area contributed by atoms with Crippen molar-refractivity contribution < 1.29 is 14.0 Å². The van der Waals surface area contributed by atoms with E-state index in [0.29, 0.717) is 17.3 Å². The number of carbonyl (C=O) groups excluding carboxylic acids is 2. The summed E-state index contributed by atoms with van der Waals surface area (Å²) in [5.41, 5.74) is 2.52. The molecule has 4 heterocycles. The third-order valence-electron chi connectivity index (χ3n) is 7.02. The third-order valence-corrected chi connectivity index (χ3v) is 7.37. The number of amides is 2. The Labute approximate surface area is 195 Å². The Morgan fingerprint density at radius 2 is 1.88 bits per heavy atom. The second-order valence-electron chi connectivity index (χ2n) is 8.85. The van der Waals surface area contributed by atoms with E-state index in [4.69, 9.17) is 16.0 Å². The van der Waals surface area contributed by atoms with E-state index < -0.39 is 5.54 Å². The Kier molecular flexibility index (Phi) is 4.42. The SMILES string of the molecule is C[C@]12C(=O)N(Cc3ccco3)CC(=O)N1C[C@@H](c1ccccc1Cl)c1c2[nH]c2ccccc12. The smallest absolute Gasteiger partial charge is 0.255 e. The van der Waals surface area contributed by atoms with Crippen molar-refractivity contribution in [1.29, 1.82) is 0 Å². The fourth-order valence-corrected chi connectivity index (χ4v) is 5.70. The summed E-state index contributed by atoms with van der Waals surface area (Å²) in [6.07, 6.45) is 1.57. The molecule has 33 heavy (non-hydrogen) atoms. The van der Waals surface area contributed by atoms with Crippen molar-refractivity contribution in [2.75, 3.05) is 13.1 Å². The Morgan fingerprint density at radius 1 is 1.09 bits per heavy atom. The minimum absolute atomic E-state index is 0.0138. The zero-order valence-electron chi connectivity index (χ0n) is 18.0. The van der Waals surface area contributed by atoms with Crippen LogP contribution in [-0.4, -0.2) is 39.7 Å². The number of carbonyl (C=O) groups is 2. The van der Waals surface area contributed by atoms with Crippen LogP contribution in [0.15, 0.2) is 71.3 Å². The highest BCUT2D eigenvalue weighted by molar-refractivity contribution is 6.31. The number of piperazine rings is 1. The molecule has 4 aromatic rings. The first-order valence-electron chi connectivity index (χ1n) is 11.0. The van der Waals surface area contributed by atoms with Crippen LogP contribution in [0.3, 0.4) is 0 Å². The quantitative estimate of drug-likeness (QED) is 0.485. The molecule has 2 amide bonds. The van der Waals surface area contributed by atoms with E-state index in [1.807, 2.05) is 55.5 Å². The maximum Gasteiger partial charge on any atom is 0.255 e. The molecule has 0 bridgehead atoms. The average Bonchev–Trinajstić information content (AvgIpc) is 3.46. The molecule has 1 fully saturated rings. The van der Waals surface area contributed by atoms with Gasteiger partial charge in [-0.15, -0.1) is 0 Å². The van der Waals surface area contributed by atoms with Crippen LogP contribution in [0, 0.1) is 0 Å². The van der Waals surface area contributed by atoms with Crippen molar-refractivity contribution in [2.45, 2.75) is 24.9 Å². The first-order chi connectivity index (χ1) is 16.0. The summed E-state index contributed by atoms with van der Waals surface area (Å²) in [6.45, 7) is 2.50. The molecule has 2 aromatic carbocycles. The van der Waals surface area contributed by atoms with Crippen LogP contribution >= 0.6 is 11.6 Å². The van der Waals surface area contributed by atoms with E-state index >= 15 is 0 Å². The van der Waals surface area contributed by atoms with Crippen molar-refractivity contribution in [1.82, 2.24) is 14.8 Å². The maximum absolute atomic E-state index is 13.9. The van der Waals surface area contributed by atoms with Crippen LogP contribution in [0.1, 0.15) is 35.4 Å². The van der Waals surface area contributed by atoms with Crippen LogP contribution in [0.4, 0.5) is 0 Å². The van der Waals surface area contributed by atoms with Crippen molar-refractivity contribution in [3.8, 4) is 0 Å². The molecular formula is C26H22ClN3O3. The number of nitrogens with one attached hydrogen (secondary N) is 1. The number of aromatic amines is 1. The molecule has 7 heteroatoms. The Morgan fingerprint density at radius 3 is 2.67 bits per heavy atom. The van der Waals surface area contributed by atoms with Gasteiger partial charge in [0.1, 0.15) is 12.3 Å². The monoisotopic (exact) mass is 459 g/mol. The fraction of sp³-hybridized carbons (Fsp3) is 0.231. The van der Waals surface area contributed by atoms with E-state index in [-0.39, 0.29) is 30.8 Å². The minimum atomic E-state index is -1.14. The largest absolute Gasteiger partial charge is 0.467 e.